The molecule has 0 aromatic heterocycles. The molecule has 1 fully saturated rings. The van der Waals surface area contributed by atoms with E-state index in [9.17, 15) is 4.79 Å². The van der Waals surface area contributed by atoms with Crippen LogP contribution in [0.2, 0.25) is 0 Å². The van der Waals surface area contributed by atoms with Crippen LogP contribution in [-0.2, 0) is 4.79 Å². The minimum absolute atomic E-state index is 0.168. The molecule has 2 rings (SSSR count). The van der Waals surface area contributed by atoms with Crippen molar-refractivity contribution in [1.82, 2.24) is 4.90 Å². The summed E-state index contributed by atoms with van der Waals surface area (Å²) in [4.78, 5) is 13.9. The quantitative estimate of drug-likeness (QED) is 0.624. The Bertz CT molecular complexity index is 535. The van der Waals surface area contributed by atoms with Crippen molar-refractivity contribution in [3.8, 4) is 11.8 Å². The molecule has 0 aliphatic carbocycles. The van der Waals surface area contributed by atoms with Gasteiger partial charge >= 0.3 is 0 Å². The van der Waals surface area contributed by atoms with Gasteiger partial charge in [-0.1, -0.05) is 12.1 Å². The lowest BCUT2D eigenvalue weighted by Crippen LogP contribution is -2.28. The molecule has 20 heavy (non-hydrogen) atoms. The maximum Gasteiger partial charge on any atom is 0.264 e. The van der Waals surface area contributed by atoms with Gasteiger partial charge in [-0.25, -0.2) is 0 Å². The summed E-state index contributed by atoms with van der Waals surface area (Å²) in [5.74, 6) is 0.618. The van der Waals surface area contributed by atoms with Gasteiger partial charge in [0.15, 0.2) is 0 Å². The molecule has 1 aliphatic heterocycles. The minimum Gasteiger partial charge on any atom is -0.494 e. The molecule has 104 valence electrons. The standard InChI is InChI=1S/C16H18N2O2/c1-2-20-15-7-5-13(6-8-15)11-14(12-17)16(19)18-9-3-4-10-18/h5-8,11H,2-4,9-10H2,1H3/b14-11-. The number of nitrogens with zero attached hydrogens (tertiary/aromatic N) is 2. The number of nitriles is 1. The Morgan fingerprint density at radius 3 is 2.55 bits per heavy atom. The van der Waals surface area contributed by atoms with Crippen LogP contribution < -0.4 is 4.74 Å². The van der Waals surface area contributed by atoms with Gasteiger partial charge in [0.2, 0.25) is 0 Å². The van der Waals surface area contributed by atoms with E-state index in [0.29, 0.717) is 6.61 Å². The number of likely N-dealkylation sites (tertiary alicyclic amines) is 1. The molecule has 0 radical (unpaired) electrons. The predicted molar refractivity (Wildman–Crippen MR) is 77.0 cm³/mol. The molecule has 1 heterocycles. The molecule has 4 heteroatoms. The third-order valence-corrected chi connectivity index (χ3v) is 3.25. The van der Waals surface area contributed by atoms with Crippen molar-refractivity contribution < 1.29 is 9.53 Å². The number of carbonyl (C=O) groups is 1. The van der Waals surface area contributed by atoms with Crippen LogP contribution in [0.15, 0.2) is 29.8 Å². The normalized spacial score (nSPS) is 15.0. The van der Waals surface area contributed by atoms with E-state index < -0.39 is 0 Å². The van der Waals surface area contributed by atoms with Gasteiger partial charge in [-0.3, -0.25) is 4.79 Å². The van der Waals surface area contributed by atoms with Crippen LogP contribution in [-0.4, -0.2) is 30.5 Å². The summed E-state index contributed by atoms with van der Waals surface area (Å²) >= 11 is 0. The number of ether oxygens (including phenoxy) is 1. The number of rotatable bonds is 4. The molecule has 0 unspecified atom stereocenters. The number of hydrogen-bond donors (Lipinski definition) is 0. The predicted octanol–water partition coefficient (Wildman–Crippen LogP) is 2.61. The summed E-state index contributed by atoms with van der Waals surface area (Å²) in [6.45, 7) is 4.05. The average molecular weight is 270 g/mol. The Hall–Kier alpha value is -2.28. The lowest BCUT2D eigenvalue weighted by Gasteiger charge is -2.14. The average Bonchev–Trinajstić information content (AvgIpc) is 3.00. The van der Waals surface area contributed by atoms with Gasteiger partial charge in [-0.15, -0.1) is 0 Å². The van der Waals surface area contributed by atoms with Crippen LogP contribution in [0.25, 0.3) is 6.08 Å². The van der Waals surface area contributed by atoms with E-state index in [1.165, 1.54) is 0 Å². The Balaban J connectivity index is 2.13. The van der Waals surface area contributed by atoms with Gasteiger partial charge in [0.25, 0.3) is 5.91 Å². The monoisotopic (exact) mass is 270 g/mol. The molecule has 1 aromatic rings. The van der Waals surface area contributed by atoms with E-state index in [0.717, 1.165) is 37.2 Å². The Kier molecular flexibility index (Phi) is 4.78. The van der Waals surface area contributed by atoms with Crippen LogP contribution in [0.3, 0.4) is 0 Å². The third kappa shape index (κ3) is 3.39. The summed E-state index contributed by atoms with van der Waals surface area (Å²) in [7, 11) is 0. The van der Waals surface area contributed by atoms with E-state index >= 15 is 0 Å². The zero-order valence-electron chi connectivity index (χ0n) is 11.6. The van der Waals surface area contributed by atoms with Crippen LogP contribution in [0.1, 0.15) is 25.3 Å². The molecular weight excluding hydrogens is 252 g/mol. The SMILES string of the molecule is CCOc1ccc(/C=C(/C#N)C(=O)N2CCCC2)cc1. The maximum atomic E-state index is 12.2. The van der Waals surface area contributed by atoms with Gasteiger partial charge < -0.3 is 9.64 Å². The molecule has 1 amide bonds. The topological polar surface area (TPSA) is 53.3 Å². The highest BCUT2D eigenvalue weighted by Crippen LogP contribution is 2.17. The Morgan fingerprint density at radius 2 is 2.00 bits per heavy atom. The highest BCUT2D eigenvalue weighted by Gasteiger charge is 2.21. The largest absolute Gasteiger partial charge is 0.494 e. The van der Waals surface area contributed by atoms with E-state index in [4.69, 9.17) is 10.00 Å². The fraction of sp³-hybridized carbons (Fsp3) is 0.375. The van der Waals surface area contributed by atoms with E-state index in [1.807, 2.05) is 37.3 Å². The van der Waals surface area contributed by atoms with Crippen LogP contribution >= 0.6 is 0 Å². The first-order valence-electron chi connectivity index (χ1n) is 6.88. The summed E-state index contributed by atoms with van der Waals surface area (Å²) in [5, 5.41) is 9.17. The lowest BCUT2D eigenvalue weighted by atomic mass is 10.1. The van der Waals surface area contributed by atoms with Gasteiger partial charge in [-0.2, -0.15) is 5.26 Å². The summed E-state index contributed by atoms with van der Waals surface area (Å²) < 4.78 is 5.36. The van der Waals surface area contributed by atoms with E-state index in [-0.39, 0.29) is 11.5 Å². The van der Waals surface area contributed by atoms with Crippen LogP contribution in [0.5, 0.6) is 5.75 Å². The molecule has 1 aromatic carbocycles. The van der Waals surface area contributed by atoms with Crippen molar-refractivity contribution in [3.05, 3.63) is 35.4 Å². The number of carbonyl (C=O) groups excluding carboxylic acids is 1. The van der Waals surface area contributed by atoms with Crippen molar-refractivity contribution in [2.24, 2.45) is 0 Å². The summed E-state index contributed by atoms with van der Waals surface area (Å²) in [6, 6.07) is 9.38. The zero-order valence-corrected chi connectivity index (χ0v) is 11.6. The van der Waals surface area contributed by atoms with Gasteiger partial charge in [0.1, 0.15) is 17.4 Å². The fourth-order valence-electron chi connectivity index (χ4n) is 2.23. The number of benzene rings is 1. The van der Waals surface area contributed by atoms with E-state index in [1.54, 1.807) is 11.0 Å². The minimum atomic E-state index is -0.168. The molecule has 0 bridgehead atoms. The molecule has 0 saturated carbocycles. The second-order valence-corrected chi connectivity index (χ2v) is 4.67. The third-order valence-electron chi connectivity index (χ3n) is 3.25. The van der Waals surface area contributed by atoms with Crippen molar-refractivity contribution in [2.45, 2.75) is 19.8 Å². The van der Waals surface area contributed by atoms with Gasteiger partial charge in [0, 0.05) is 13.1 Å². The molecular formula is C16H18N2O2. The first kappa shape index (κ1) is 14.1. The molecule has 1 saturated heterocycles. The fourth-order valence-corrected chi connectivity index (χ4v) is 2.23. The molecule has 0 atom stereocenters. The van der Waals surface area contributed by atoms with Crippen molar-refractivity contribution in [2.75, 3.05) is 19.7 Å². The smallest absolute Gasteiger partial charge is 0.264 e. The zero-order chi connectivity index (χ0) is 14.4. The second-order valence-electron chi connectivity index (χ2n) is 4.67. The van der Waals surface area contributed by atoms with Crippen LogP contribution in [0.4, 0.5) is 0 Å². The van der Waals surface area contributed by atoms with Crippen molar-refractivity contribution in [3.63, 3.8) is 0 Å². The molecule has 0 spiro atoms. The lowest BCUT2D eigenvalue weighted by molar-refractivity contribution is -0.125. The first-order valence-corrected chi connectivity index (χ1v) is 6.88. The van der Waals surface area contributed by atoms with Crippen LogP contribution in [0, 0.1) is 11.3 Å². The second kappa shape index (κ2) is 6.76. The summed E-state index contributed by atoms with van der Waals surface area (Å²) in [6.07, 6.45) is 3.68. The van der Waals surface area contributed by atoms with Crippen molar-refractivity contribution in [1.29, 1.82) is 5.26 Å². The molecule has 4 nitrogen and oxygen atoms in total. The van der Waals surface area contributed by atoms with Gasteiger partial charge in [0.05, 0.1) is 6.61 Å². The Labute approximate surface area is 119 Å². The van der Waals surface area contributed by atoms with Crippen molar-refractivity contribution >= 4 is 12.0 Å². The molecule has 1 aliphatic rings. The highest BCUT2D eigenvalue weighted by molar-refractivity contribution is 6.01. The summed E-state index contributed by atoms with van der Waals surface area (Å²) in [5.41, 5.74) is 1.02. The highest BCUT2D eigenvalue weighted by atomic mass is 16.5. The number of hydrogen-bond acceptors (Lipinski definition) is 3. The Morgan fingerprint density at radius 1 is 1.35 bits per heavy atom. The number of amides is 1. The molecule has 0 N–H and O–H groups in total. The maximum absolute atomic E-state index is 12.2. The van der Waals surface area contributed by atoms with Gasteiger partial charge in [-0.05, 0) is 43.5 Å². The first-order chi connectivity index (χ1) is 9.74. The van der Waals surface area contributed by atoms with E-state index in [2.05, 4.69) is 0 Å².